The molecule has 2 atom stereocenters. The van der Waals surface area contributed by atoms with Gasteiger partial charge in [0.25, 0.3) is 0 Å². The molecule has 1 aliphatic heterocycles. The van der Waals surface area contributed by atoms with Gasteiger partial charge in [0.15, 0.2) is 0 Å². The van der Waals surface area contributed by atoms with E-state index in [4.69, 9.17) is 9.84 Å². The van der Waals surface area contributed by atoms with Crippen molar-refractivity contribution in [1.29, 1.82) is 0 Å². The molecule has 2 unspecified atom stereocenters. The zero-order valence-electron chi connectivity index (χ0n) is 10.8. The molecule has 0 aromatic heterocycles. The number of nitrogens with zero attached hydrogens (tertiary/aromatic N) is 1. The van der Waals surface area contributed by atoms with Gasteiger partial charge in [-0.2, -0.15) is 0 Å². The first-order valence-corrected chi connectivity index (χ1v) is 6.63. The zero-order valence-corrected chi connectivity index (χ0v) is 10.8. The molecule has 1 saturated heterocycles. The van der Waals surface area contributed by atoms with Crippen LogP contribution in [0.25, 0.3) is 0 Å². The predicted molar refractivity (Wildman–Crippen MR) is 65.0 cm³/mol. The zero-order chi connectivity index (χ0) is 12.5. The molecule has 0 bridgehead atoms. The molecule has 4 nitrogen and oxygen atoms in total. The van der Waals surface area contributed by atoms with Crippen LogP contribution in [0.2, 0.25) is 0 Å². The van der Waals surface area contributed by atoms with Crippen molar-refractivity contribution in [2.45, 2.75) is 63.1 Å². The summed E-state index contributed by atoms with van der Waals surface area (Å²) in [5.41, 5.74) is 0.0649. The molecule has 0 amide bonds. The van der Waals surface area contributed by atoms with Crippen LogP contribution in [0, 0.1) is 0 Å². The molecule has 98 valence electrons. The lowest BCUT2D eigenvalue weighted by Crippen LogP contribution is -2.50. The van der Waals surface area contributed by atoms with Gasteiger partial charge < -0.3 is 9.84 Å². The fraction of sp³-hybridized carbons (Fsp3) is 0.923. The lowest BCUT2D eigenvalue weighted by molar-refractivity contribution is -0.146. The summed E-state index contributed by atoms with van der Waals surface area (Å²) >= 11 is 0. The standard InChI is InChI=1S/C13H23NO3/c1-10(12(15)16)14(2)11-5-8-17-13(9-11)6-3-4-7-13/h10-11H,3-9H2,1-2H3,(H,15,16). The SMILES string of the molecule is CC(C(=O)O)N(C)C1CCOC2(CCCC2)C1. The van der Waals surface area contributed by atoms with Crippen molar-refractivity contribution in [3.63, 3.8) is 0 Å². The molecule has 1 N–H and O–H groups in total. The minimum Gasteiger partial charge on any atom is -0.480 e. The average Bonchev–Trinajstić information content (AvgIpc) is 2.75. The second-order valence-electron chi connectivity index (χ2n) is 5.56. The van der Waals surface area contributed by atoms with E-state index < -0.39 is 12.0 Å². The number of carboxylic acid groups (broad SMARTS) is 1. The van der Waals surface area contributed by atoms with Crippen molar-refractivity contribution in [3.05, 3.63) is 0 Å². The van der Waals surface area contributed by atoms with E-state index >= 15 is 0 Å². The average molecular weight is 241 g/mol. The Bertz CT molecular complexity index is 286. The number of carboxylic acids is 1. The van der Waals surface area contributed by atoms with E-state index in [-0.39, 0.29) is 5.60 Å². The summed E-state index contributed by atoms with van der Waals surface area (Å²) in [6, 6.07) is -0.0514. The third kappa shape index (κ3) is 2.63. The molecule has 2 rings (SSSR count). The summed E-state index contributed by atoms with van der Waals surface area (Å²) in [6.45, 7) is 2.54. The van der Waals surface area contributed by atoms with Gasteiger partial charge in [-0.05, 0) is 39.7 Å². The van der Waals surface area contributed by atoms with Crippen LogP contribution in [0.1, 0.15) is 45.4 Å². The Morgan fingerprint density at radius 2 is 2.12 bits per heavy atom. The summed E-state index contributed by atoms with van der Waals surface area (Å²) in [5, 5.41) is 9.07. The van der Waals surface area contributed by atoms with Gasteiger partial charge in [0.2, 0.25) is 0 Å². The van der Waals surface area contributed by atoms with Crippen molar-refractivity contribution in [2.75, 3.05) is 13.7 Å². The van der Waals surface area contributed by atoms with Crippen LogP contribution in [-0.2, 0) is 9.53 Å². The Morgan fingerprint density at radius 3 is 2.71 bits per heavy atom. The first-order valence-electron chi connectivity index (χ1n) is 6.63. The van der Waals surface area contributed by atoms with E-state index in [1.165, 1.54) is 12.8 Å². The summed E-state index contributed by atoms with van der Waals surface area (Å²) in [5.74, 6) is -0.737. The number of hydrogen-bond donors (Lipinski definition) is 1. The molecule has 2 fully saturated rings. The lowest BCUT2D eigenvalue weighted by Gasteiger charge is -2.42. The van der Waals surface area contributed by atoms with Crippen LogP contribution in [0.4, 0.5) is 0 Å². The maximum atomic E-state index is 11.0. The van der Waals surface area contributed by atoms with Crippen molar-refractivity contribution in [3.8, 4) is 0 Å². The van der Waals surface area contributed by atoms with Gasteiger partial charge in [-0.1, -0.05) is 12.8 Å². The molecule has 1 saturated carbocycles. The highest BCUT2D eigenvalue weighted by molar-refractivity contribution is 5.72. The highest BCUT2D eigenvalue weighted by Gasteiger charge is 2.41. The largest absolute Gasteiger partial charge is 0.480 e. The van der Waals surface area contributed by atoms with E-state index in [1.807, 2.05) is 11.9 Å². The van der Waals surface area contributed by atoms with Crippen LogP contribution >= 0.6 is 0 Å². The van der Waals surface area contributed by atoms with E-state index in [2.05, 4.69) is 0 Å². The van der Waals surface area contributed by atoms with Crippen molar-refractivity contribution >= 4 is 5.97 Å². The van der Waals surface area contributed by atoms with Crippen molar-refractivity contribution < 1.29 is 14.6 Å². The normalized spacial score (nSPS) is 29.7. The number of aliphatic carboxylic acids is 1. The van der Waals surface area contributed by atoms with Crippen LogP contribution < -0.4 is 0 Å². The molecule has 0 aromatic rings. The van der Waals surface area contributed by atoms with Gasteiger partial charge in [0, 0.05) is 12.6 Å². The maximum absolute atomic E-state index is 11.0. The summed E-state index contributed by atoms with van der Waals surface area (Å²) in [6.07, 6.45) is 6.77. The molecular weight excluding hydrogens is 218 g/mol. The van der Waals surface area contributed by atoms with Gasteiger partial charge >= 0.3 is 5.97 Å². The molecule has 0 radical (unpaired) electrons. The molecular formula is C13H23NO3. The number of ether oxygens (including phenoxy) is 1. The van der Waals surface area contributed by atoms with E-state index in [0.29, 0.717) is 6.04 Å². The summed E-state index contributed by atoms with van der Waals surface area (Å²) in [4.78, 5) is 13.0. The summed E-state index contributed by atoms with van der Waals surface area (Å²) < 4.78 is 5.97. The lowest BCUT2D eigenvalue weighted by atomic mass is 9.88. The number of rotatable bonds is 3. The van der Waals surface area contributed by atoms with Crippen molar-refractivity contribution in [2.24, 2.45) is 0 Å². The van der Waals surface area contributed by atoms with Crippen LogP contribution in [0.15, 0.2) is 0 Å². The smallest absolute Gasteiger partial charge is 0.320 e. The fourth-order valence-electron chi connectivity index (χ4n) is 3.21. The first kappa shape index (κ1) is 12.8. The third-order valence-electron chi connectivity index (χ3n) is 4.53. The fourth-order valence-corrected chi connectivity index (χ4v) is 3.21. The Kier molecular flexibility index (Phi) is 3.73. The monoisotopic (exact) mass is 241 g/mol. The quantitative estimate of drug-likeness (QED) is 0.819. The van der Waals surface area contributed by atoms with Crippen LogP contribution in [0.3, 0.4) is 0 Å². The second kappa shape index (κ2) is 4.94. The predicted octanol–water partition coefficient (Wildman–Crippen LogP) is 1.88. The summed E-state index contributed by atoms with van der Waals surface area (Å²) in [7, 11) is 1.93. The molecule has 1 aliphatic carbocycles. The molecule has 17 heavy (non-hydrogen) atoms. The first-order chi connectivity index (χ1) is 8.04. The van der Waals surface area contributed by atoms with Gasteiger partial charge in [0.05, 0.1) is 5.60 Å². The van der Waals surface area contributed by atoms with Gasteiger partial charge in [-0.15, -0.1) is 0 Å². The van der Waals surface area contributed by atoms with Gasteiger partial charge in [-0.25, -0.2) is 0 Å². The molecule has 4 heteroatoms. The number of hydrogen-bond acceptors (Lipinski definition) is 3. The van der Waals surface area contributed by atoms with Crippen LogP contribution in [0.5, 0.6) is 0 Å². The topological polar surface area (TPSA) is 49.8 Å². The van der Waals surface area contributed by atoms with E-state index in [0.717, 1.165) is 32.3 Å². The number of carbonyl (C=O) groups is 1. The van der Waals surface area contributed by atoms with Crippen LogP contribution in [-0.4, -0.2) is 47.3 Å². The molecule has 2 aliphatic rings. The van der Waals surface area contributed by atoms with Gasteiger partial charge in [-0.3, -0.25) is 9.69 Å². The molecule has 1 heterocycles. The molecule has 0 aromatic carbocycles. The van der Waals surface area contributed by atoms with Crippen molar-refractivity contribution in [1.82, 2.24) is 4.90 Å². The Labute approximate surface area is 103 Å². The Morgan fingerprint density at radius 1 is 1.47 bits per heavy atom. The number of likely N-dealkylation sites (N-methyl/N-ethyl adjacent to an activating group) is 1. The molecule has 1 spiro atoms. The minimum atomic E-state index is -0.737. The van der Waals surface area contributed by atoms with E-state index in [9.17, 15) is 4.79 Å². The Hall–Kier alpha value is -0.610. The maximum Gasteiger partial charge on any atom is 0.320 e. The second-order valence-corrected chi connectivity index (χ2v) is 5.56. The highest BCUT2D eigenvalue weighted by Crippen LogP contribution is 2.41. The Balaban J connectivity index is 1.99. The minimum absolute atomic E-state index is 0.0649. The third-order valence-corrected chi connectivity index (χ3v) is 4.53. The van der Waals surface area contributed by atoms with Gasteiger partial charge in [0.1, 0.15) is 6.04 Å². The highest BCUT2D eigenvalue weighted by atomic mass is 16.5. The van der Waals surface area contributed by atoms with E-state index in [1.54, 1.807) is 6.92 Å².